The molecule has 2 aliphatic heterocycles. The minimum Gasteiger partial charge on any atom is -0.444 e. The summed E-state index contributed by atoms with van der Waals surface area (Å²) in [5, 5.41) is 0. The highest BCUT2D eigenvalue weighted by atomic mass is 16.6. The number of likely N-dealkylation sites (tertiary alicyclic amines) is 1. The second-order valence-corrected chi connectivity index (χ2v) is 9.04. The minimum absolute atomic E-state index is 0.0274. The molecule has 0 bridgehead atoms. The molecule has 1 saturated heterocycles. The zero-order chi connectivity index (χ0) is 21.9. The third-order valence-corrected chi connectivity index (χ3v) is 5.67. The number of fused-ring (bicyclic) bond motifs is 1. The number of anilines is 1. The van der Waals surface area contributed by atoms with Gasteiger partial charge < -0.3 is 9.64 Å². The highest BCUT2D eigenvalue weighted by Crippen LogP contribution is 2.28. The zero-order valence-electron chi connectivity index (χ0n) is 18.4. The monoisotopic (exact) mass is 412 g/mol. The zero-order valence-corrected chi connectivity index (χ0v) is 18.4. The molecule has 0 radical (unpaired) electrons. The number of para-hydroxylation sites is 1. The van der Waals surface area contributed by atoms with Crippen molar-refractivity contribution < 1.29 is 19.1 Å². The van der Waals surface area contributed by atoms with Crippen LogP contribution in [0.25, 0.3) is 0 Å². The lowest BCUT2D eigenvalue weighted by atomic mass is 9.90. The van der Waals surface area contributed by atoms with Gasteiger partial charge in [0.15, 0.2) is 5.78 Å². The molecular formula is C24H32N2O4. The third kappa shape index (κ3) is 5.10. The summed E-state index contributed by atoms with van der Waals surface area (Å²) in [4.78, 5) is 41.0. The molecule has 2 aliphatic rings. The van der Waals surface area contributed by atoms with Crippen LogP contribution in [0.4, 0.5) is 10.5 Å². The van der Waals surface area contributed by atoms with Gasteiger partial charge in [-0.3, -0.25) is 14.5 Å². The maximum Gasteiger partial charge on any atom is 0.410 e. The Labute approximate surface area is 178 Å². The Morgan fingerprint density at radius 3 is 2.57 bits per heavy atom. The first kappa shape index (κ1) is 22.1. The highest BCUT2D eigenvalue weighted by Gasteiger charge is 2.39. The summed E-state index contributed by atoms with van der Waals surface area (Å²) < 4.78 is 5.39. The van der Waals surface area contributed by atoms with Crippen molar-refractivity contribution in [3.63, 3.8) is 0 Å². The number of nitrogens with zero attached hydrogens (tertiary/aromatic N) is 2. The topological polar surface area (TPSA) is 66.9 Å². The second-order valence-electron chi connectivity index (χ2n) is 9.04. The van der Waals surface area contributed by atoms with Gasteiger partial charge in [-0.15, -0.1) is 0 Å². The van der Waals surface area contributed by atoms with Gasteiger partial charge in [-0.1, -0.05) is 31.2 Å². The van der Waals surface area contributed by atoms with Crippen LogP contribution in [0.15, 0.2) is 36.4 Å². The Kier molecular flexibility index (Phi) is 6.64. The van der Waals surface area contributed by atoms with E-state index in [0.717, 1.165) is 18.5 Å². The van der Waals surface area contributed by atoms with Gasteiger partial charge in [0, 0.05) is 25.2 Å². The Hall–Kier alpha value is -2.63. The van der Waals surface area contributed by atoms with Crippen LogP contribution in [0.2, 0.25) is 0 Å². The summed E-state index contributed by atoms with van der Waals surface area (Å²) in [7, 11) is 0. The van der Waals surface area contributed by atoms with E-state index in [9.17, 15) is 14.4 Å². The van der Waals surface area contributed by atoms with Crippen molar-refractivity contribution in [1.82, 2.24) is 4.90 Å². The Bertz CT molecular complexity index is 840. The number of ether oxygens (including phenoxy) is 1. The lowest BCUT2D eigenvalue weighted by Gasteiger charge is -2.40. The molecule has 2 amide bonds. The van der Waals surface area contributed by atoms with Crippen LogP contribution in [0, 0.1) is 5.92 Å². The van der Waals surface area contributed by atoms with Crippen molar-refractivity contribution in [3.8, 4) is 0 Å². The van der Waals surface area contributed by atoms with Crippen molar-refractivity contribution in [1.29, 1.82) is 0 Å². The van der Waals surface area contributed by atoms with Gasteiger partial charge in [0.25, 0.3) is 5.91 Å². The average molecular weight is 413 g/mol. The fraction of sp³-hybridized carbons (Fsp3) is 0.542. The van der Waals surface area contributed by atoms with E-state index < -0.39 is 17.7 Å². The van der Waals surface area contributed by atoms with Crippen molar-refractivity contribution in [2.45, 2.75) is 65.0 Å². The first-order chi connectivity index (χ1) is 14.2. The summed E-state index contributed by atoms with van der Waals surface area (Å²) >= 11 is 0. The van der Waals surface area contributed by atoms with E-state index in [4.69, 9.17) is 4.74 Å². The molecule has 0 saturated carbocycles. The van der Waals surface area contributed by atoms with Crippen molar-refractivity contribution in [3.05, 3.63) is 42.0 Å². The summed E-state index contributed by atoms with van der Waals surface area (Å²) in [5.41, 5.74) is 1.58. The van der Waals surface area contributed by atoms with Gasteiger partial charge in [-0.05, 0) is 63.7 Å². The molecule has 6 nitrogen and oxygen atoms in total. The van der Waals surface area contributed by atoms with Crippen LogP contribution in [-0.4, -0.2) is 47.4 Å². The number of carbonyl (C=O) groups excluding carboxylic acids is 3. The van der Waals surface area contributed by atoms with Gasteiger partial charge in [0.1, 0.15) is 5.60 Å². The molecule has 1 aromatic rings. The molecule has 0 unspecified atom stereocenters. The maximum absolute atomic E-state index is 12.8. The predicted molar refractivity (Wildman–Crippen MR) is 116 cm³/mol. The van der Waals surface area contributed by atoms with Crippen LogP contribution in [0.5, 0.6) is 0 Å². The fourth-order valence-electron chi connectivity index (χ4n) is 3.88. The van der Waals surface area contributed by atoms with E-state index in [1.807, 2.05) is 52.0 Å². The third-order valence-electron chi connectivity index (χ3n) is 5.67. The summed E-state index contributed by atoms with van der Waals surface area (Å²) in [6.07, 6.45) is 5.62. The van der Waals surface area contributed by atoms with Gasteiger partial charge in [-0.2, -0.15) is 0 Å². The number of hydrogen-bond donors (Lipinski definition) is 0. The first-order valence-corrected chi connectivity index (χ1v) is 10.8. The minimum atomic E-state index is -0.580. The number of benzene rings is 1. The molecular weight excluding hydrogens is 380 g/mol. The van der Waals surface area contributed by atoms with Crippen LogP contribution in [-0.2, 0) is 20.7 Å². The lowest BCUT2D eigenvalue weighted by Crippen LogP contribution is -2.56. The van der Waals surface area contributed by atoms with Crippen molar-refractivity contribution >= 4 is 23.5 Å². The summed E-state index contributed by atoms with van der Waals surface area (Å²) in [6, 6.07) is 7.54. The quantitative estimate of drug-likeness (QED) is 0.659. The van der Waals surface area contributed by atoms with E-state index in [1.165, 1.54) is 10.5 Å². The van der Waals surface area contributed by atoms with E-state index in [2.05, 4.69) is 6.07 Å². The number of carbonyl (C=O) groups is 3. The largest absolute Gasteiger partial charge is 0.444 e. The molecule has 0 aliphatic carbocycles. The van der Waals surface area contributed by atoms with Gasteiger partial charge in [0.05, 0.1) is 6.04 Å². The molecule has 2 atom stereocenters. The van der Waals surface area contributed by atoms with Crippen LogP contribution < -0.4 is 4.90 Å². The molecule has 0 aromatic heterocycles. The maximum atomic E-state index is 12.8. The highest BCUT2D eigenvalue weighted by molar-refractivity contribution is 6.03. The standard InChI is InChI=1S/C24H32N2O4/c1-5-17(10-11-22(28)25-14-12-18-8-6-7-9-19(18)25)16-21(27)20-13-15-26(20)23(29)30-24(2,3)4/h6-11,17,20H,5,12-16H2,1-4H3/b11-10+/t17-,20-/m0/s1. The van der Waals surface area contributed by atoms with Gasteiger partial charge in [0.2, 0.25) is 0 Å². The Morgan fingerprint density at radius 1 is 1.20 bits per heavy atom. The van der Waals surface area contributed by atoms with E-state index in [1.54, 1.807) is 11.0 Å². The fourth-order valence-corrected chi connectivity index (χ4v) is 3.88. The SMILES string of the molecule is CC[C@@H](/C=C/C(=O)N1CCc2ccccc21)CC(=O)[C@@H]1CCN1C(=O)OC(C)(C)C. The first-order valence-electron chi connectivity index (χ1n) is 10.8. The molecule has 1 aromatic carbocycles. The molecule has 0 N–H and O–H groups in total. The normalized spacial score (nSPS) is 19.4. The molecule has 2 heterocycles. The molecule has 1 fully saturated rings. The van der Waals surface area contributed by atoms with Crippen molar-refractivity contribution in [2.75, 3.05) is 18.0 Å². The molecule has 3 rings (SSSR count). The molecule has 0 spiro atoms. The number of allylic oxidation sites excluding steroid dienone is 1. The van der Waals surface area contributed by atoms with Crippen LogP contribution in [0.3, 0.4) is 0 Å². The lowest BCUT2D eigenvalue weighted by molar-refractivity contribution is -0.129. The summed E-state index contributed by atoms with van der Waals surface area (Å²) in [5.74, 6) is -0.0483. The van der Waals surface area contributed by atoms with Gasteiger partial charge >= 0.3 is 6.09 Å². The predicted octanol–water partition coefficient (Wildman–Crippen LogP) is 4.13. The molecule has 162 valence electrons. The van der Waals surface area contributed by atoms with E-state index in [0.29, 0.717) is 25.9 Å². The Balaban J connectivity index is 1.56. The number of amides is 2. The number of Topliss-reactive ketones (excluding diaryl/α,β-unsaturated/α-hetero) is 1. The number of ketones is 1. The smallest absolute Gasteiger partial charge is 0.410 e. The average Bonchev–Trinajstić information content (AvgIpc) is 3.06. The number of rotatable bonds is 6. The number of hydrogen-bond acceptors (Lipinski definition) is 4. The van der Waals surface area contributed by atoms with Crippen LogP contribution >= 0.6 is 0 Å². The Morgan fingerprint density at radius 2 is 1.93 bits per heavy atom. The van der Waals surface area contributed by atoms with E-state index in [-0.39, 0.29) is 17.6 Å². The van der Waals surface area contributed by atoms with Gasteiger partial charge in [-0.25, -0.2) is 4.79 Å². The second kappa shape index (κ2) is 9.02. The molecule has 6 heteroatoms. The van der Waals surface area contributed by atoms with Crippen LogP contribution in [0.1, 0.15) is 52.5 Å². The summed E-state index contributed by atoms with van der Waals surface area (Å²) in [6.45, 7) is 8.68. The molecule has 30 heavy (non-hydrogen) atoms. The van der Waals surface area contributed by atoms with E-state index >= 15 is 0 Å². The van der Waals surface area contributed by atoms with Crippen molar-refractivity contribution in [2.24, 2.45) is 5.92 Å².